The van der Waals surface area contributed by atoms with Crippen LogP contribution in [0.1, 0.15) is 79.2 Å². The standard InChI is InChI=1S/C44H62N8O13/c1-8-20-52(44(63)49-50(7)30-18-14-11-15-19-30)48-40(59)34-21-31(64-25-29-16-12-10-13-17-29)24-51(34)42(61)37(26(3)4)47-41(60)38(27(5)9-2)65-43(62)33(23-36(56)57)46-39(58)32(22-35(54)55)45-28(6)53/h10-19,26-27,31-34,37-38H,8-9,20-25H2,1-7H3,(H,45,53)(H,46,58)(H,47,60)(H,48,59)(H,49,63)(H,54,55)(H,56,57)/t27-,31-,32+,33-,34-,37+,38+/m1/s1. The van der Waals surface area contributed by atoms with Gasteiger partial charge in [-0.1, -0.05) is 83.1 Å². The van der Waals surface area contributed by atoms with Crippen LogP contribution in [0.5, 0.6) is 0 Å². The van der Waals surface area contributed by atoms with E-state index >= 15 is 0 Å². The molecule has 0 saturated carbocycles. The van der Waals surface area contributed by atoms with Crippen LogP contribution in [0.2, 0.25) is 0 Å². The lowest BCUT2D eigenvalue weighted by Crippen LogP contribution is -2.60. The summed E-state index contributed by atoms with van der Waals surface area (Å²) in [5.74, 6) is -9.96. The Hall–Kier alpha value is -6.77. The smallest absolute Gasteiger partial charge is 0.354 e. The first-order valence-corrected chi connectivity index (χ1v) is 21.4. The topological polar surface area (TPSA) is 282 Å². The third-order valence-electron chi connectivity index (χ3n) is 10.5. The molecule has 0 unspecified atom stereocenters. The van der Waals surface area contributed by atoms with E-state index in [2.05, 4.69) is 26.8 Å². The van der Waals surface area contributed by atoms with Gasteiger partial charge < -0.3 is 40.5 Å². The average molecular weight is 911 g/mol. The summed E-state index contributed by atoms with van der Waals surface area (Å²) in [6, 6.07) is 11.5. The molecule has 356 valence electrons. The summed E-state index contributed by atoms with van der Waals surface area (Å²) in [6.45, 7) is 9.63. The van der Waals surface area contributed by atoms with E-state index in [1.807, 2.05) is 43.3 Å². The highest BCUT2D eigenvalue weighted by atomic mass is 16.6. The normalized spacial score (nSPS) is 16.7. The molecule has 21 heteroatoms. The lowest BCUT2D eigenvalue weighted by Gasteiger charge is -2.33. The molecule has 0 bridgehead atoms. The van der Waals surface area contributed by atoms with Crippen LogP contribution in [-0.4, -0.2) is 130 Å². The Morgan fingerprint density at radius 2 is 1.40 bits per heavy atom. The van der Waals surface area contributed by atoms with Crippen molar-refractivity contribution < 1.29 is 62.8 Å². The lowest BCUT2D eigenvalue weighted by atomic mass is 9.98. The van der Waals surface area contributed by atoms with Gasteiger partial charge in [-0.25, -0.2) is 20.0 Å². The number of anilines is 1. The number of ether oxygens (including phenoxy) is 2. The molecular weight excluding hydrogens is 849 g/mol. The van der Waals surface area contributed by atoms with Gasteiger partial charge in [0, 0.05) is 39.4 Å². The van der Waals surface area contributed by atoms with Gasteiger partial charge >= 0.3 is 23.9 Å². The molecule has 2 aromatic rings. The number of carbonyl (C=O) groups is 9. The third-order valence-corrected chi connectivity index (χ3v) is 10.5. The molecule has 0 aliphatic carbocycles. The first-order valence-electron chi connectivity index (χ1n) is 21.4. The molecule has 1 fully saturated rings. The van der Waals surface area contributed by atoms with E-state index in [4.69, 9.17) is 9.47 Å². The molecule has 1 aliphatic rings. The largest absolute Gasteiger partial charge is 0.481 e. The van der Waals surface area contributed by atoms with Crippen molar-refractivity contribution in [3.63, 3.8) is 0 Å². The number of hydrazine groups is 2. The number of rotatable bonds is 23. The third kappa shape index (κ3) is 16.4. The highest BCUT2D eigenvalue weighted by Gasteiger charge is 2.45. The molecule has 65 heavy (non-hydrogen) atoms. The first-order chi connectivity index (χ1) is 30.7. The number of nitrogens with zero attached hydrogens (tertiary/aromatic N) is 3. The highest BCUT2D eigenvalue weighted by Crippen LogP contribution is 2.25. The molecule has 1 saturated heterocycles. The number of hydrogen-bond acceptors (Lipinski definition) is 12. The molecule has 0 radical (unpaired) electrons. The van der Waals surface area contributed by atoms with Crippen molar-refractivity contribution in [2.24, 2.45) is 11.8 Å². The van der Waals surface area contributed by atoms with Crippen molar-refractivity contribution >= 4 is 59.2 Å². The van der Waals surface area contributed by atoms with Gasteiger partial charge in [-0.2, -0.15) is 0 Å². The second-order valence-electron chi connectivity index (χ2n) is 16.1. The molecule has 2 aromatic carbocycles. The molecular formula is C44H62N8O13. The minimum Gasteiger partial charge on any atom is -0.481 e. The van der Waals surface area contributed by atoms with E-state index in [-0.39, 0.29) is 32.5 Å². The van der Waals surface area contributed by atoms with Crippen LogP contribution >= 0.6 is 0 Å². The minimum atomic E-state index is -1.92. The number of esters is 1. The number of carboxylic acids is 2. The van der Waals surface area contributed by atoms with Gasteiger partial charge in [-0.15, -0.1) is 0 Å². The first kappa shape index (κ1) is 52.6. The van der Waals surface area contributed by atoms with Crippen LogP contribution in [0, 0.1) is 11.8 Å². The zero-order valence-electron chi connectivity index (χ0n) is 37.8. The Bertz CT molecular complexity index is 1960. The number of hydrogen-bond donors (Lipinski definition) is 7. The van der Waals surface area contributed by atoms with Crippen LogP contribution in [0.15, 0.2) is 60.7 Å². The van der Waals surface area contributed by atoms with E-state index in [0.29, 0.717) is 12.1 Å². The van der Waals surface area contributed by atoms with Crippen LogP contribution in [0.3, 0.4) is 0 Å². The predicted molar refractivity (Wildman–Crippen MR) is 234 cm³/mol. The van der Waals surface area contributed by atoms with Gasteiger partial charge in [0.05, 0.1) is 31.2 Å². The molecule has 7 N–H and O–H groups in total. The van der Waals surface area contributed by atoms with Crippen LogP contribution < -0.4 is 31.8 Å². The van der Waals surface area contributed by atoms with Crippen molar-refractivity contribution in [2.75, 3.05) is 25.1 Å². The number of amides is 7. The van der Waals surface area contributed by atoms with E-state index in [1.54, 1.807) is 59.0 Å². The molecule has 0 aromatic heterocycles. The molecule has 21 nitrogen and oxygen atoms in total. The van der Waals surface area contributed by atoms with Gasteiger partial charge in [-0.3, -0.25) is 44.0 Å². The van der Waals surface area contributed by atoms with Crippen LogP contribution in [-0.2, 0) is 54.4 Å². The number of aliphatic carboxylic acids is 2. The second-order valence-corrected chi connectivity index (χ2v) is 16.1. The fourth-order valence-corrected chi connectivity index (χ4v) is 6.80. The molecule has 0 spiro atoms. The lowest BCUT2D eigenvalue weighted by molar-refractivity contribution is -0.164. The van der Waals surface area contributed by atoms with Gasteiger partial charge in [0.2, 0.25) is 17.7 Å². The summed E-state index contributed by atoms with van der Waals surface area (Å²) in [4.78, 5) is 119. The molecule has 3 rings (SSSR count). The summed E-state index contributed by atoms with van der Waals surface area (Å²) >= 11 is 0. The Morgan fingerprint density at radius 3 is 1.95 bits per heavy atom. The summed E-state index contributed by atoms with van der Waals surface area (Å²) in [5.41, 5.74) is 6.92. The Balaban J connectivity index is 1.89. The Kier molecular flexibility index (Phi) is 20.6. The number of benzene rings is 2. The van der Waals surface area contributed by atoms with Crippen molar-refractivity contribution in [1.29, 1.82) is 0 Å². The van der Waals surface area contributed by atoms with Crippen molar-refractivity contribution in [2.45, 2.75) is 117 Å². The average Bonchev–Trinajstić information content (AvgIpc) is 3.70. The Labute approximate surface area is 377 Å². The van der Waals surface area contributed by atoms with E-state index in [1.165, 1.54) is 9.91 Å². The van der Waals surface area contributed by atoms with Gasteiger partial charge in [0.15, 0.2) is 6.10 Å². The summed E-state index contributed by atoms with van der Waals surface area (Å²) in [5, 5.41) is 28.3. The van der Waals surface area contributed by atoms with E-state index in [9.17, 15) is 53.4 Å². The maximum atomic E-state index is 14.6. The second kappa shape index (κ2) is 25.5. The quantitative estimate of drug-likeness (QED) is 0.0618. The number of para-hydroxylation sites is 1. The fourth-order valence-electron chi connectivity index (χ4n) is 6.80. The van der Waals surface area contributed by atoms with Crippen molar-refractivity contribution in [3.05, 3.63) is 66.2 Å². The predicted octanol–water partition coefficient (Wildman–Crippen LogP) is 1.71. The SMILES string of the molecule is CCCN(NC(=O)[C@H]1C[C@@H](OCc2ccccc2)CN1C(=O)[C@@H](NC(=O)[C@@H](OC(=O)[C@@H](CC(=O)O)NC(=O)[C@H](CC(=O)O)NC(C)=O)[C@H](C)CC)C(C)C)C(=O)NN(C)c1ccccc1. The van der Waals surface area contributed by atoms with Crippen molar-refractivity contribution in [1.82, 2.24) is 36.7 Å². The highest BCUT2D eigenvalue weighted by molar-refractivity contribution is 5.96. The molecule has 7 amide bonds. The van der Waals surface area contributed by atoms with Gasteiger partial charge in [-0.05, 0) is 36.5 Å². The van der Waals surface area contributed by atoms with Crippen molar-refractivity contribution in [3.8, 4) is 0 Å². The van der Waals surface area contributed by atoms with E-state index < -0.39 is 115 Å². The zero-order valence-corrected chi connectivity index (χ0v) is 37.8. The van der Waals surface area contributed by atoms with Crippen LogP contribution in [0.25, 0.3) is 0 Å². The van der Waals surface area contributed by atoms with E-state index in [0.717, 1.165) is 17.5 Å². The maximum Gasteiger partial charge on any atom is 0.354 e. The number of carboxylic acid groups (broad SMARTS) is 2. The number of likely N-dealkylation sites (tertiary alicyclic amines) is 1. The maximum absolute atomic E-state index is 14.6. The van der Waals surface area contributed by atoms with Crippen LogP contribution in [0.4, 0.5) is 10.5 Å². The Morgan fingerprint density at radius 1 is 0.800 bits per heavy atom. The summed E-state index contributed by atoms with van der Waals surface area (Å²) < 4.78 is 11.8. The number of nitrogens with one attached hydrogen (secondary N) is 5. The minimum absolute atomic E-state index is 0.0354. The zero-order chi connectivity index (χ0) is 48.4. The summed E-state index contributed by atoms with van der Waals surface area (Å²) in [6.07, 6.45) is -3.44. The molecule has 7 atom stereocenters. The van der Waals surface area contributed by atoms with Gasteiger partial charge in [0.25, 0.3) is 11.8 Å². The summed E-state index contributed by atoms with van der Waals surface area (Å²) in [7, 11) is 1.64. The monoisotopic (exact) mass is 910 g/mol. The number of carbonyl (C=O) groups excluding carboxylic acids is 7. The fraction of sp³-hybridized carbons (Fsp3) is 0.523. The van der Waals surface area contributed by atoms with Gasteiger partial charge in [0.1, 0.15) is 24.2 Å². The number of urea groups is 1. The molecule has 1 heterocycles. The molecule has 1 aliphatic heterocycles.